The van der Waals surface area contributed by atoms with E-state index in [0.717, 1.165) is 22.0 Å². The number of ether oxygens (including phenoxy) is 1. The van der Waals surface area contributed by atoms with Crippen LogP contribution in [0.3, 0.4) is 0 Å². The summed E-state index contributed by atoms with van der Waals surface area (Å²) in [5.74, 6) is 0.807. The number of rotatable bonds is 5. The number of thiazole rings is 1. The molecule has 1 heterocycles. The minimum absolute atomic E-state index is 0.309. The van der Waals surface area contributed by atoms with Gasteiger partial charge in [-0.05, 0) is 24.3 Å². The Bertz CT molecular complexity index is 885. The Hall–Kier alpha value is -2.18. The van der Waals surface area contributed by atoms with Crippen molar-refractivity contribution in [2.45, 2.75) is 11.5 Å². The number of nitrogens with zero attached hydrogens (tertiary/aromatic N) is 1. The fraction of sp³-hybridized carbons (Fsp3) is 0.118. The van der Waals surface area contributed by atoms with Gasteiger partial charge in [0, 0.05) is 17.2 Å². The van der Waals surface area contributed by atoms with E-state index in [1.54, 1.807) is 24.3 Å². The van der Waals surface area contributed by atoms with Crippen LogP contribution >= 0.6 is 11.3 Å². The lowest BCUT2D eigenvalue weighted by molar-refractivity contribution is 0.305. The van der Waals surface area contributed by atoms with E-state index in [0.29, 0.717) is 11.5 Å². The van der Waals surface area contributed by atoms with Crippen molar-refractivity contribution in [2.75, 3.05) is 6.26 Å². The Morgan fingerprint density at radius 3 is 2.39 bits per heavy atom. The third-order valence-electron chi connectivity index (χ3n) is 3.24. The zero-order valence-corrected chi connectivity index (χ0v) is 14.1. The first-order chi connectivity index (χ1) is 11.0. The van der Waals surface area contributed by atoms with Gasteiger partial charge in [0.25, 0.3) is 0 Å². The van der Waals surface area contributed by atoms with Crippen LogP contribution in [0.2, 0.25) is 0 Å². The third-order valence-corrected chi connectivity index (χ3v) is 5.19. The lowest BCUT2D eigenvalue weighted by Gasteiger charge is -2.03. The first kappa shape index (κ1) is 15.7. The van der Waals surface area contributed by atoms with Gasteiger partial charge in [-0.3, -0.25) is 0 Å². The van der Waals surface area contributed by atoms with E-state index >= 15 is 0 Å². The average Bonchev–Trinajstić information content (AvgIpc) is 3.02. The van der Waals surface area contributed by atoms with Gasteiger partial charge in [-0.2, -0.15) is 0 Å². The molecule has 6 heteroatoms. The quantitative estimate of drug-likeness (QED) is 0.706. The van der Waals surface area contributed by atoms with E-state index in [9.17, 15) is 8.42 Å². The van der Waals surface area contributed by atoms with Gasteiger partial charge in [0.1, 0.15) is 17.4 Å². The molecule has 0 unspecified atom stereocenters. The Kier molecular flexibility index (Phi) is 4.45. The lowest BCUT2D eigenvalue weighted by Crippen LogP contribution is -1.96. The molecule has 4 nitrogen and oxygen atoms in total. The van der Waals surface area contributed by atoms with Gasteiger partial charge in [0.15, 0.2) is 9.84 Å². The van der Waals surface area contributed by atoms with Crippen LogP contribution in [-0.4, -0.2) is 19.7 Å². The topological polar surface area (TPSA) is 56.3 Å². The van der Waals surface area contributed by atoms with Crippen molar-refractivity contribution in [3.8, 4) is 17.0 Å². The summed E-state index contributed by atoms with van der Waals surface area (Å²) in [6, 6.07) is 16.3. The molecular weight excluding hydrogens is 330 g/mol. The Balaban J connectivity index is 1.71. The van der Waals surface area contributed by atoms with Crippen LogP contribution in [0.5, 0.6) is 5.75 Å². The van der Waals surface area contributed by atoms with Crippen molar-refractivity contribution in [3.63, 3.8) is 0 Å². The summed E-state index contributed by atoms with van der Waals surface area (Å²) >= 11 is 1.52. The molecule has 0 aliphatic rings. The normalized spacial score (nSPS) is 11.3. The van der Waals surface area contributed by atoms with Crippen molar-refractivity contribution >= 4 is 21.2 Å². The lowest BCUT2D eigenvalue weighted by atomic mass is 10.2. The van der Waals surface area contributed by atoms with Crippen LogP contribution < -0.4 is 4.74 Å². The second kappa shape index (κ2) is 6.52. The van der Waals surface area contributed by atoms with Crippen LogP contribution in [0, 0.1) is 0 Å². The van der Waals surface area contributed by atoms with Crippen molar-refractivity contribution in [2.24, 2.45) is 0 Å². The van der Waals surface area contributed by atoms with Crippen molar-refractivity contribution in [1.82, 2.24) is 4.98 Å². The molecule has 0 aliphatic heterocycles. The number of benzene rings is 2. The summed E-state index contributed by atoms with van der Waals surface area (Å²) in [4.78, 5) is 4.84. The molecule has 0 radical (unpaired) electrons. The summed E-state index contributed by atoms with van der Waals surface area (Å²) in [5, 5.41) is 2.81. The Labute approximate surface area is 139 Å². The van der Waals surface area contributed by atoms with Gasteiger partial charge in [-0.15, -0.1) is 11.3 Å². The molecular formula is C17H15NO3S2. The zero-order valence-electron chi connectivity index (χ0n) is 12.5. The number of aromatic nitrogens is 1. The van der Waals surface area contributed by atoms with E-state index < -0.39 is 9.84 Å². The molecule has 118 valence electrons. The zero-order chi connectivity index (χ0) is 16.3. The summed E-state index contributed by atoms with van der Waals surface area (Å²) < 4.78 is 28.6. The highest BCUT2D eigenvalue weighted by Gasteiger charge is 2.09. The molecule has 0 aliphatic carbocycles. The molecule has 0 atom stereocenters. The van der Waals surface area contributed by atoms with Gasteiger partial charge in [-0.1, -0.05) is 30.3 Å². The molecule has 0 spiro atoms. The van der Waals surface area contributed by atoms with Crippen molar-refractivity contribution in [1.29, 1.82) is 0 Å². The smallest absolute Gasteiger partial charge is 0.175 e. The van der Waals surface area contributed by atoms with Gasteiger partial charge in [0.2, 0.25) is 0 Å². The molecule has 0 amide bonds. The summed E-state index contributed by atoms with van der Waals surface area (Å²) in [7, 11) is -3.17. The number of sulfone groups is 1. The molecule has 0 saturated carbocycles. The van der Waals surface area contributed by atoms with E-state index in [1.807, 2.05) is 35.7 Å². The minimum atomic E-state index is -3.17. The maximum absolute atomic E-state index is 11.5. The molecule has 3 rings (SSSR count). The van der Waals surface area contributed by atoms with Gasteiger partial charge < -0.3 is 4.74 Å². The maximum atomic E-state index is 11.5. The van der Waals surface area contributed by atoms with E-state index in [-0.39, 0.29) is 0 Å². The van der Waals surface area contributed by atoms with Gasteiger partial charge >= 0.3 is 0 Å². The fourth-order valence-corrected chi connectivity index (χ4v) is 3.39. The molecule has 0 saturated heterocycles. The standard InChI is InChI=1S/C17H15NO3S2/c1-23(19,20)15-9-7-13(8-10-15)16-12-22-17(18-16)11-21-14-5-3-2-4-6-14/h2-10,12H,11H2,1H3. The predicted molar refractivity (Wildman–Crippen MR) is 91.4 cm³/mol. The molecule has 0 fully saturated rings. The molecule has 2 aromatic carbocycles. The first-order valence-electron chi connectivity index (χ1n) is 6.95. The number of hydrogen-bond donors (Lipinski definition) is 0. The molecule has 1 aromatic heterocycles. The minimum Gasteiger partial charge on any atom is -0.486 e. The van der Waals surface area contributed by atoms with E-state index in [1.165, 1.54) is 17.6 Å². The van der Waals surface area contributed by atoms with E-state index in [4.69, 9.17) is 4.74 Å². The van der Waals surface area contributed by atoms with Crippen LogP contribution in [0.25, 0.3) is 11.3 Å². The highest BCUT2D eigenvalue weighted by Crippen LogP contribution is 2.24. The van der Waals surface area contributed by atoms with Crippen LogP contribution in [0.15, 0.2) is 64.9 Å². The van der Waals surface area contributed by atoms with Crippen molar-refractivity contribution in [3.05, 3.63) is 65.0 Å². The summed E-state index contributed by atoms with van der Waals surface area (Å²) in [6.07, 6.45) is 1.20. The highest BCUT2D eigenvalue weighted by atomic mass is 32.2. The van der Waals surface area contributed by atoms with Gasteiger partial charge in [-0.25, -0.2) is 13.4 Å². The highest BCUT2D eigenvalue weighted by molar-refractivity contribution is 7.90. The first-order valence-corrected chi connectivity index (χ1v) is 9.72. The summed E-state index contributed by atoms with van der Waals surface area (Å²) in [5.41, 5.74) is 1.71. The molecule has 0 bridgehead atoms. The monoisotopic (exact) mass is 345 g/mol. The molecule has 3 aromatic rings. The number of para-hydroxylation sites is 1. The fourth-order valence-electron chi connectivity index (χ4n) is 2.04. The molecule has 23 heavy (non-hydrogen) atoms. The van der Waals surface area contributed by atoms with E-state index in [2.05, 4.69) is 4.98 Å². The maximum Gasteiger partial charge on any atom is 0.175 e. The summed E-state index contributed by atoms with van der Waals surface area (Å²) in [6.45, 7) is 0.413. The Morgan fingerprint density at radius 1 is 1.04 bits per heavy atom. The van der Waals surface area contributed by atoms with Crippen LogP contribution in [0.4, 0.5) is 0 Å². The Morgan fingerprint density at radius 2 is 1.74 bits per heavy atom. The van der Waals surface area contributed by atoms with Crippen molar-refractivity contribution < 1.29 is 13.2 Å². The average molecular weight is 345 g/mol. The largest absolute Gasteiger partial charge is 0.486 e. The second-order valence-electron chi connectivity index (χ2n) is 5.02. The third kappa shape index (κ3) is 3.97. The van der Waals surface area contributed by atoms with Crippen LogP contribution in [0.1, 0.15) is 5.01 Å². The second-order valence-corrected chi connectivity index (χ2v) is 7.98. The van der Waals surface area contributed by atoms with Crippen LogP contribution in [-0.2, 0) is 16.4 Å². The van der Waals surface area contributed by atoms with Gasteiger partial charge in [0.05, 0.1) is 10.6 Å². The molecule has 0 N–H and O–H groups in total. The SMILES string of the molecule is CS(=O)(=O)c1ccc(-c2csc(COc3ccccc3)n2)cc1. The number of hydrogen-bond acceptors (Lipinski definition) is 5. The predicted octanol–water partition coefficient (Wildman–Crippen LogP) is 3.79.